The van der Waals surface area contributed by atoms with E-state index in [1.807, 2.05) is 0 Å². The van der Waals surface area contributed by atoms with Gasteiger partial charge in [-0.1, -0.05) is 0 Å². The van der Waals surface area contributed by atoms with Crippen LogP contribution in [-0.4, -0.2) is 41.1 Å². The lowest BCUT2D eigenvalue weighted by Gasteiger charge is -2.18. The van der Waals surface area contributed by atoms with E-state index in [0.717, 1.165) is 0 Å². The monoisotopic (exact) mass is 386 g/mol. The highest BCUT2D eigenvalue weighted by Crippen LogP contribution is 2.39. The Morgan fingerprint density at radius 2 is 2.00 bits per heavy atom. The van der Waals surface area contributed by atoms with Crippen molar-refractivity contribution in [2.24, 2.45) is 0 Å². The van der Waals surface area contributed by atoms with Gasteiger partial charge in [0.2, 0.25) is 5.91 Å². The number of nitrogens with zero attached hydrogens (tertiary/aromatic N) is 2. The first-order chi connectivity index (χ1) is 12.3. The lowest BCUT2D eigenvalue weighted by atomic mass is 9.92. The molecule has 0 bridgehead atoms. The van der Waals surface area contributed by atoms with Crippen molar-refractivity contribution in [2.45, 2.75) is 30.8 Å². The normalized spacial score (nSPS) is 24.2. The molecule has 1 amide bonds. The average molecular weight is 386 g/mol. The van der Waals surface area contributed by atoms with Gasteiger partial charge in [0, 0.05) is 30.5 Å². The minimum atomic E-state index is -1.45. The van der Waals surface area contributed by atoms with Crippen LogP contribution in [0, 0.1) is 34.6 Å². The van der Waals surface area contributed by atoms with Crippen molar-refractivity contribution in [2.75, 3.05) is 13.1 Å². The van der Waals surface area contributed by atoms with Crippen LogP contribution in [0.15, 0.2) is 6.07 Å². The first-order valence-electron chi connectivity index (χ1n) is 7.87. The molecule has 2 heterocycles. The van der Waals surface area contributed by atoms with Crippen molar-refractivity contribution in [3.63, 3.8) is 0 Å². The molecule has 2 aliphatic rings. The fraction of sp³-hybridized carbons (Fsp3) is 0.438. The molecule has 0 radical (unpaired) electrons. The van der Waals surface area contributed by atoms with Gasteiger partial charge in [0.05, 0.1) is 18.2 Å². The van der Waals surface area contributed by atoms with E-state index in [2.05, 4.69) is 10.6 Å². The molecule has 3 rings (SSSR count). The van der Waals surface area contributed by atoms with Crippen LogP contribution in [0.5, 0.6) is 0 Å². The summed E-state index contributed by atoms with van der Waals surface area (Å²) in [5.74, 6) is -6.87. The molecule has 138 valence electrons. The van der Waals surface area contributed by atoms with Crippen molar-refractivity contribution in [3.05, 3.63) is 34.9 Å². The number of hydrogen-bond donors (Lipinski definition) is 2. The predicted octanol–water partition coefficient (Wildman–Crippen LogP) is 1.69. The number of benzene rings is 1. The molecular weight excluding hydrogens is 372 g/mol. The fourth-order valence-electron chi connectivity index (χ4n) is 3.58. The average Bonchev–Trinajstić information content (AvgIpc) is 3.13. The smallest absolute Gasteiger partial charge is 0.222 e. The molecule has 1 aromatic rings. The van der Waals surface area contributed by atoms with Crippen molar-refractivity contribution >= 4 is 23.2 Å². The summed E-state index contributed by atoms with van der Waals surface area (Å²) in [6, 6.07) is 1.20. The summed E-state index contributed by atoms with van der Waals surface area (Å²) in [4.78, 5) is 13.5. The summed E-state index contributed by atoms with van der Waals surface area (Å²) < 4.78 is 55.1. The highest BCUT2D eigenvalue weighted by molar-refractivity contribution is 7.80. The van der Waals surface area contributed by atoms with Crippen molar-refractivity contribution in [1.29, 1.82) is 5.26 Å². The maximum Gasteiger partial charge on any atom is 0.222 e. The Hall–Kier alpha value is -2.41. The van der Waals surface area contributed by atoms with Gasteiger partial charge in [0.1, 0.15) is 6.54 Å². The second-order valence-electron chi connectivity index (χ2n) is 6.23. The van der Waals surface area contributed by atoms with Crippen LogP contribution in [0.2, 0.25) is 0 Å². The van der Waals surface area contributed by atoms with Gasteiger partial charge in [-0.3, -0.25) is 4.79 Å². The number of carbonyl (C=O) groups is 1. The number of nitriles is 1. The molecule has 2 fully saturated rings. The molecule has 0 aromatic heterocycles. The number of fused-ring (bicyclic) bond motifs is 1. The van der Waals surface area contributed by atoms with Crippen LogP contribution in [0.3, 0.4) is 0 Å². The topological polar surface area (TPSA) is 68.2 Å². The summed E-state index contributed by atoms with van der Waals surface area (Å²) in [5.41, 5.74) is -0.632. The molecule has 0 saturated carbocycles. The minimum Gasteiger partial charge on any atom is -0.357 e. The molecular formula is C16H14F4N4OS. The molecule has 5 nitrogen and oxygen atoms in total. The van der Waals surface area contributed by atoms with E-state index in [1.165, 1.54) is 0 Å². The molecule has 2 unspecified atom stereocenters. The van der Waals surface area contributed by atoms with E-state index in [0.29, 0.717) is 5.11 Å². The van der Waals surface area contributed by atoms with Crippen LogP contribution < -0.4 is 10.6 Å². The quantitative estimate of drug-likeness (QED) is 0.357. The molecule has 2 N–H and O–H groups in total. The summed E-state index contributed by atoms with van der Waals surface area (Å²) >= 11 is 5.19. The Morgan fingerprint density at radius 1 is 1.35 bits per heavy atom. The van der Waals surface area contributed by atoms with E-state index < -0.39 is 40.8 Å². The van der Waals surface area contributed by atoms with Crippen molar-refractivity contribution in [1.82, 2.24) is 15.5 Å². The molecule has 3 atom stereocenters. The highest BCUT2D eigenvalue weighted by atomic mass is 32.1. The molecule has 10 heteroatoms. The maximum atomic E-state index is 14.1. The number of halogens is 4. The molecule has 2 saturated heterocycles. The van der Waals surface area contributed by atoms with Gasteiger partial charge in [0.15, 0.2) is 28.4 Å². The summed E-state index contributed by atoms with van der Waals surface area (Å²) in [7, 11) is 0. The molecule has 0 spiro atoms. The number of rotatable bonds is 4. The van der Waals surface area contributed by atoms with Crippen LogP contribution in [0.25, 0.3) is 0 Å². The molecule has 1 aromatic carbocycles. The van der Waals surface area contributed by atoms with E-state index >= 15 is 0 Å². The van der Waals surface area contributed by atoms with Gasteiger partial charge < -0.3 is 15.5 Å². The van der Waals surface area contributed by atoms with Crippen LogP contribution in [-0.2, 0) is 4.79 Å². The summed E-state index contributed by atoms with van der Waals surface area (Å²) in [6.45, 7) is -0.0461. The molecule has 0 aliphatic carbocycles. The third kappa shape index (κ3) is 3.19. The van der Waals surface area contributed by atoms with Gasteiger partial charge in [0.25, 0.3) is 0 Å². The minimum absolute atomic E-state index is 0.0121. The second kappa shape index (κ2) is 7.07. The molecule has 2 aliphatic heterocycles. The van der Waals surface area contributed by atoms with Crippen LogP contribution >= 0.6 is 12.2 Å². The Bertz CT molecular complexity index is 786. The van der Waals surface area contributed by atoms with E-state index in [-0.39, 0.29) is 43.9 Å². The van der Waals surface area contributed by atoms with Gasteiger partial charge in [-0.2, -0.15) is 5.26 Å². The number of nitrogens with one attached hydrogen (secondary N) is 2. The number of thiocarbonyl (C=S) groups is 1. The fourth-order valence-corrected chi connectivity index (χ4v) is 3.94. The highest BCUT2D eigenvalue weighted by Gasteiger charge is 2.46. The zero-order valence-corrected chi connectivity index (χ0v) is 14.2. The van der Waals surface area contributed by atoms with E-state index in [4.69, 9.17) is 17.5 Å². The Kier molecular flexibility index (Phi) is 5.00. The van der Waals surface area contributed by atoms with Crippen molar-refractivity contribution in [3.8, 4) is 6.07 Å². The van der Waals surface area contributed by atoms with Gasteiger partial charge in [-0.05, 0) is 18.6 Å². The Labute approximate surface area is 152 Å². The van der Waals surface area contributed by atoms with Gasteiger partial charge in [-0.25, -0.2) is 17.6 Å². The van der Waals surface area contributed by atoms with Crippen LogP contribution in [0.4, 0.5) is 17.6 Å². The number of hydrogen-bond acceptors (Lipinski definition) is 3. The van der Waals surface area contributed by atoms with E-state index in [1.54, 1.807) is 11.0 Å². The largest absolute Gasteiger partial charge is 0.357 e. The predicted molar refractivity (Wildman–Crippen MR) is 86.9 cm³/mol. The Balaban J connectivity index is 1.80. The van der Waals surface area contributed by atoms with Gasteiger partial charge in [-0.15, -0.1) is 0 Å². The third-order valence-electron chi connectivity index (χ3n) is 4.70. The maximum absolute atomic E-state index is 14.1. The number of amides is 1. The summed E-state index contributed by atoms with van der Waals surface area (Å²) in [6.07, 6.45) is 0.193. The zero-order chi connectivity index (χ0) is 19.0. The Morgan fingerprint density at radius 3 is 2.62 bits per heavy atom. The first kappa shape index (κ1) is 18.4. The zero-order valence-electron chi connectivity index (χ0n) is 13.4. The second-order valence-corrected chi connectivity index (χ2v) is 6.62. The van der Waals surface area contributed by atoms with Crippen LogP contribution in [0.1, 0.15) is 24.3 Å². The first-order valence-corrected chi connectivity index (χ1v) is 8.28. The number of carbonyl (C=O) groups excluding carboxylic acids is 1. The van der Waals surface area contributed by atoms with E-state index in [9.17, 15) is 22.4 Å². The van der Waals surface area contributed by atoms with Crippen molar-refractivity contribution < 1.29 is 22.4 Å². The third-order valence-corrected chi connectivity index (χ3v) is 5.05. The standard InChI is InChI=1S/C16H14F4N4OS/c17-8-4-9(18)15(20)13(14(8)19)7-3-11-10(5-12(25)22-2-1-21)23-16(26)24(11)6-7/h4,7,10-11H,2-3,5-6H2,(H,22,25)(H,23,26)/t7-,10?,11?/m0/s1. The van der Waals surface area contributed by atoms with Gasteiger partial charge >= 0.3 is 0 Å². The lowest BCUT2D eigenvalue weighted by Crippen LogP contribution is -2.38. The molecule has 26 heavy (non-hydrogen) atoms. The SMILES string of the molecule is N#CCNC(=O)CC1NC(=S)N2C[C@@H](c3c(F)c(F)cc(F)c3F)CC12. The summed E-state index contributed by atoms with van der Waals surface area (Å²) in [5, 5.41) is 14.2. The lowest BCUT2D eigenvalue weighted by molar-refractivity contribution is -0.121.